The van der Waals surface area contributed by atoms with Crippen LogP contribution in [-0.2, 0) is 6.42 Å². The maximum absolute atomic E-state index is 14.8. The van der Waals surface area contributed by atoms with E-state index in [2.05, 4.69) is 73.2 Å². The van der Waals surface area contributed by atoms with Crippen molar-refractivity contribution < 1.29 is 13.2 Å². The standard InChI is InChI=1S/C25H32F2N6.C11H23N.C2H4.CH3F/c1-4-17(2)11-18-7-8-23(30-15-18)31-16-32-24(21(27)14-28)19-12-20(26)25(29-3)22(13-19)33-9-5-6-10-33;1-3-5-11(6-4-2)7-9-12-10-8-11;2*1-2/h7-8,12-15,17H,3-6,9-11,16,28H2,1-2H3,(H,30,31);12H,3-10H2,1-2H3;1-2H2;1H3/b21-14+,32-24-;;;. The second-order valence-corrected chi connectivity index (χ2v) is 12.6. The van der Waals surface area contributed by atoms with E-state index in [4.69, 9.17) is 5.73 Å². The van der Waals surface area contributed by atoms with Crippen LogP contribution in [0.5, 0.6) is 0 Å². The Labute approximate surface area is 294 Å². The molecule has 2 saturated heterocycles. The Hall–Kier alpha value is -3.66. The highest BCUT2D eigenvalue weighted by atomic mass is 19.1. The van der Waals surface area contributed by atoms with Crippen molar-refractivity contribution in [2.45, 2.75) is 91.9 Å². The van der Waals surface area contributed by atoms with E-state index in [-0.39, 0.29) is 18.1 Å². The van der Waals surface area contributed by atoms with Gasteiger partial charge in [-0.15, -0.1) is 13.2 Å². The first kappa shape index (κ1) is 43.4. The summed E-state index contributed by atoms with van der Waals surface area (Å²) < 4.78 is 38.9. The number of rotatable bonds is 14. The smallest absolute Gasteiger partial charge is 0.164 e. The van der Waals surface area contributed by atoms with Gasteiger partial charge >= 0.3 is 0 Å². The van der Waals surface area contributed by atoms with E-state index >= 15 is 0 Å². The van der Waals surface area contributed by atoms with Crippen molar-refractivity contribution in [2.24, 2.45) is 27.1 Å². The van der Waals surface area contributed by atoms with Crippen LogP contribution in [0.2, 0.25) is 0 Å². The van der Waals surface area contributed by atoms with Gasteiger partial charge in [-0.25, -0.2) is 13.8 Å². The van der Waals surface area contributed by atoms with E-state index in [1.165, 1.54) is 57.7 Å². The van der Waals surface area contributed by atoms with Gasteiger partial charge < -0.3 is 21.3 Å². The monoisotopic (exact) mass is 686 g/mol. The number of benzene rings is 1. The molecule has 2 aromatic rings. The molecule has 1 aromatic carbocycles. The quantitative estimate of drug-likeness (QED) is 0.136. The van der Waals surface area contributed by atoms with Gasteiger partial charge in [-0.2, -0.15) is 0 Å². The first-order valence-electron chi connectivity index (χ1n) is 17.7. The first-order chi connectivity index (χ1) is 23.8. The predicted molar refractivity (Wildman–Crippen MR) is 205 cm³/mol. The molecule has 7 nitrogen and oxygen atoms in total. The lowest BCUT2D eigenvalue weighted by Crippen LogP contribution is -2.36. The lowest BCUT2D eigenvalue weighted by Gasteiger charge is -2.37. The average molecular weight is 686 g/mol. The zero-order chi connectivity index (χ0) is 36.7. The summed E-state index contributed by atoms with van der Waals surface area (Å²) in [6, 6.07) is 6.80. The van der Waals surface area contributed by atoms with Crippen molar-refractivity contribution in [2.75, 3.05) is 50.2 Å². The number of nitrogens with two attached hydrogens (primary N) is 1. The lowest BCUT2D eigenvalue weighted by molar-refractivity contribution is 0.165. The van der Waals surface area contributed by atoms with Crippen LogP contribution < -0.4 is 21.3 Å². The molecule has 1 atom stereocenters. The fourth-order valence-corrected chi connectivity index (χ4v) is 6.50. The number of halogens is 3. The minimum atomic E-state index is -0.736. The summed E-state index contributed by atoms with van der Waals surface area (Å²) in [5.74, 6) is -0.0937. The Kier molecular flexibility index (Phi) is 21.7. The number of nitrogens with one attached hydrogen (secondary N) is 2. The average Bonchev–Trinajstić information content (AvgIpc) is 3.68. The molecule has 0 saturated carbocycles. The number of aliphatic imine (C=N–C) groups is 2. The molecule has 10 heteroatoms. The highest BCUT2D eigenvalue weighted by molar-refractivity contribution is 6.12. The summed E-state index contributed by atoms with van der Waals surface area (Å²) in [7, 11) is 0.500. The van der Waals surface area contributed by atoms with Crippen LogP contribution in [-0.4, -0.2) is 57.4 Å². The van der Waals surface area contributed by atoms with Crippen LogP contribution in [0.1, 0.15) is 96.6 Å². The third-order valence-corrected chi connectivity index (χ3v) is 9.12. The molecule has 0 spiro atoms. The largest absolute Gasteiger partial charge is 0.402 e. The SMILES string of the molecule is C=C.C=Nc1c(F)cc(C(=N/CNc2ccc(CC(C)CC)cn2)/C(F)=C\N)cc1N1CCCC1.CCCC1(CCC)CCNCC1.CF. The molecule has 274 valence electrons. The van der Waals surface area contributed by atoms with Crippen molar-refractivity contribution in [3.05, 3.63) is 72.6 Å². The molecule has 4 N–H and O–H groups in total. The summed E-state index contributed by atoms with van der Waals surface area (Å²) in [5.41, 5.74) is 8.32. The van der Waals surface area contributed by atoms with Crippen molar-refractivity contribution in [3.8, 4) is 0 Å². The molecule has 2 aliphatic rings. The summed E-state index contributed by atoms with van der Waals surface area (Å²) in [5, 5.41) is 6.52. The molecule has 1 unspecified atom stereocenters. The molecule has 0 radical (unpaired) electrons. The molecule has 1 aromatic heterocycles. The summed E-state index contributed by atoms with van der Waals surface area (Å²) >= 11 is 0. The van der Waals surface area contributed by atoms with Gasteiger partial charge in [-0.1, -0.05) is 53.0 Å². The van der Waals surface area contributed by atoms with Gasteiger partial charge in [0.2, 0.25) is 0 Å². The van der Waals surface area contributed by atoms with Crippen molar-refractivity contribution in [1.82, 2.24) is 10.3 Å². The summed E-state index contributed by atoms with van der Waals surface area (Å²) in [4.78, 5) is 14.6. The van der Waals surface area contributed by atoms with Crippen LogP contribution in [0.3, 0.4) is 0 Å². The number of hydrogen-bond acceptors (Lipinski definition) is 7. The summed E-state index contributed by atoms with van der Waals surface area (Å²) in [6.45, 7) is 22.6. The van der Waals surface area contributed by atoms with Crippen LogP contribution in [0.15, 0.2) is 65.6 Å². The number of nitrogens with zero attached hydrogens (tertiary/aromatic N) is 4. The van der Waals surface area contributed by atoms with Crippen LogP contribution >= 0.6 is 0 Å². The number of alkyl halides is 1. The third-order valence-electron chi connectivity index (χ3n) is 9.12. The van der Waals surface area contributed by atoms with Gasteiger partial charge in [-0.3, -0.25) is 14.4 Å². The number of piperidine rings is 1. The van der Waals surface area contributed by atoms with Gasteiger partial charge in [0.1, 0.15) is 23.9 Å². The number of allylic oxidation sites excluding steroid dienone is 1. The van der Waals surface area contributed by atoms with Gasteiger partial charge in [-0.05, 0) is 99.8 Å². The van der Waals surface area contributed by atoms with Crippen molar-refractivity contribution >= 4 is 29.6 Å². The van der Waals surface area contributed by atoms with Gasteiger partial charge in [0, 0.05) is 31.0 Å². The van der Waals surface area contributed by atoms with Crippen LogP contribution in [0.25, 0.3) is 0 Å². The molecule has 0 bridgehead atoms. The number of anilines is 2. The van der Waals surface area contributed by atoms with Gasteiger partial charge in [0.05, 0.1) is 12.9 Å². The number of pyridine rings is 1. The molecular weight excluding hydrogens is 623 g/mol. The third kappa shape index (κ3) is 14.0. The molecule has 0 aliphatic carbocycles. The predicted octanol–water partition coefficient (Wildman–Crippen LogP) is 9.71. The zero-order valence-electron chi connectivity index (χ0n) is 30.8. The normalized spacial score (nSPS) is 16.2. The molecule has 3 heterocycles. The number of aromatic nitrogens is 1. The van der Waals surface area contributed by atoms with Crippen molar-refractivity contribution in [3.63, 3.8) is 0 Å². The second kappa shape index (κ2) is 24.5. The van der Waals surface area contributed by atoms with E-state index in [9.17, 15) is 13.2 Å². The van der Waals surface area contributed by atoms with Crippen molar-refractivity contribution in [1.29, 1.82) is 0 Å². The van der Waals surface area contributed by atoms with E-state index in [1.807, 2.05) is 23.2 Å². The topological polar surface area (TPSA) is 90.9 Å². The maximum atomic E-state index is 14.8. The first-order valence-corrected chi connectivity index (χ1v) is 17.7. The van der Waals surface area contributed by atoms with E-state index < -0.39 is 11.6 Å². The Bertz CT molecular complexity index is 1250. The van der Waals surface area contributed by atoms with E-state index in [0.717, 1.165) is 56.0 Å². The molecule has 49 heavy (non-hydrogen) atoms. The molecule has 4 rings (SSSR count). The number of hydrogen-bond donors (Lipinski definition) is 3. The Morgan fingerprint density at radius 3 is 2.24 bits per heavy atom. The molecule has 0 amide bonds. The van der Waals surface area contributed by atoms with Gasteiger partial charge in [0.25, 0.3) is 0 Å². The zero-order valence-corrected chi connectivity index (χ0v) is 30.8. The fraction of sp³-hybridized carbons (Fsp3) is 0.564. The highest BCUT2D eigenvalue weighted by Gasteiger charge is 2.29. The summed E-state index contributed by atoms with van der Waals surface area (Å²) in [6.07, 6.45) is 15.2. The Morgan fingerprint density at radius 2 is 1.73 bits per heavy atom. The molecular formula is C39H62F3N7. The Balaban J connectivity index is 0.000000626. The van der Waals surface area contributed by atoms with Crippen LogP contribution in [0, 0.1) is 17.2 Å². The second-order valence-electron chi connectivity index (χ2n) is 12.6. The lowest BCUT2D eigenvalue weighted by atomic mass is 9.72. The van der Waals surface area contributed by atoms with Gasteiger partial charge in [0.15, 0.2) is 11.6 Å². The maximum Gasteiger partial charge on any atom is 0.164 e. The van der Waals surface area contributed by atoms with Crippen LogP contribution in [0.4, 0.5) is 30.4 Å². The minimum Gasteiger partial charge on any atom is -0.402 e. The molecule has 2 fully saturated rings. The molecule has 2 aliphatic heterocycles. The fourth-order valence-electron chi connectivity index (χ4n) is 6.50. The minimum absolute atomic E-state index is 0.0339. The Morgan fingerprint density at radius 1 is 1.10 bits per heavy atom. The van der Waals surface area contributed by atoms with E-state index in [1.54, 1.807) is 6.07 Å². The highest BCUT2D eigenvalue weighted by Crippen LogP contribution is 2.38. The van der Waals surface area contributed by atoms with E-state index in [0.29, 0.717) is 30.2 Å².